The molecule has 1 aliphatic heterocycles. The summed E-state index contributed by atoms with van der Waals surface area (Å²) in [7, 11) is 0. The fraction of sp³-hybridized carbons (Fsp3) is 0.467. The van der Waals surface area contributed by atoms with Crippen molar-refractivity contribution < 1.29 is 0 Å². The predicted molar refractivity (Wildman–Crippen MR) is 75.7 cm³/mol. The van der Waals surface area contributed by atoms with E-state index < -0.39 is 0 Å². The maximum absolute atomic E-state index is 9.02. The molecule has 3 rings (SSSR count). The quantitative estimate of drug-likeness (QED) is 0.800. The maximum Gasteiger partial charge on any atom is 0.146 e. The average Bonchev–Trinajstić information content (AvgIpc) is 2.47. The van der Waals surface area contributed by atoms with Crippen molar-refractivity contribution in [1.82, 2.24) is 10.3 Å². The van der Waals surface area contributed by atoms with Crippen molar-refractivity contribution in [2.75, 3.05) is 6.54 Å². The Morgan fingerprint density at radius 1 is 1.47 bits per heavy atom. The largest absolute Gasteiger partial charge is 0.313 e. The number of piperidine rings is 1. The monoisotopic (exact) mass is 273 g/mol. The number of nitriles is 1. The van der Waals surface area contributed by atoms with E-state index >= 15 is 0 Å². The van der Waals surface area contributed by atoms with Gasteiger partial charge in [-0.25, -0.2) is 4.98 Å². The van der Waals surface area contributed by atoms with Crippen molar-refractivity contribution in [1.29, 1.82) is 5.26 Å². The van der Waals surface area contributed by atoms with Crippen molar-refractivity contribution >= 4 is 17.2 Å². The van der Waals surface area contributed by atoms with Crippen molar-refractivity contribution in [2.45, 2.75) is 31.7 Å². The fourth-order valence-corrected chi connectivity index (χ4v) is 3.24. The molecule has 1 N–H and O–H groups in total. The first kappa shape index (κ1) is 12.7. The minimum atomic E-state index is 0.288. The van der Waals surface area contributed by atoms with Gasteiger partial charge in [0.15, 0.2) is 0 Å². The smallest absolute Gasteiger partial charge is 0.146 e. The molecule has 0 radical (unpaired) electrons. The SMILES string of the molecule is N#Cc1cc(C2=CC[C@H]3CCCN[C@H]3C2)cnc1Cl. The maximum atomic E-state index is 9.02. The van der Waals surface area contributed by atoms with Crippen LogP contribution in [0.4, 0.5) is 0 Å². The summed E-state index contributed by atoms with van der Waals surface area (Å²) in [6.07, 6.45) is 8.84. The number of nitrogens with zero attached hydrogens (tertiary/aromatic N) is 2. The van der Waals surface area contributed by atoms with E-state index in [1.165, 1.54) is 18.4 Å². The van der Waals surface area contributed by atoms with Crippen LogP contribution in [0.3, 0.4) is 0 Å². The van der Waals surface area contributed by atoms with E-state index in [1.54, 1.807) is 6.20 Å². The first-order valence-electron chi connectivity index (χ1n) is 6.76. The lowest BCUT2D eigenvalue weighted by Gasteiger charge is -2.36. The third-order valence-corrected chi connectivity index (χ3v) is 4.47. The first-order valence-corrected chi connectivity index (χ1v) is 7.14. The second-order valence-electron chi connectivity index (χ2n) is 5.31. The molecule has 0 aromatic carbocycles. The highest BCUT2D eigenvalue weighted by Crippen LogP contribution is 2.34. The van der Waals surface area contributed by atoms with Crippen LogP contribution in [0.25, 0.3) is 5.57 Å². The molecule has 19 heavy (non-hydrogen) atoms. The van der Waals surface area contributed by atoms with Gasteiger partial charge in [-0.2, -0.15) is 5.26 Å². The highest BCUT2D eigenvalue weighted by atomic mass is 35.5. The van der Waals surface area contributed by atoms with Crippen LogP contribution in [-0.4, -0.2) is 17.6 Å². The minimum absolute atomic E-state index is 0.288. The van der Waals surface area contributed by atoms with Crippen molar-refractivity contribution in [2.24, 2.45) is 5.92 Å². The van der Waals surface area contributed by atoms with E-state index in [9.17, 15) is 0 Å². The molecule has 0 bridgehead atoms. The first-order chi connectivity index (χ1) is 9.28. The Morgan fingerprint density at radius 2 is 2.37 bits per heavy atom. The van der Waals surface area contributed by atoms with Crippen LogP contribution in [0.1, 0.15) is 36.8 Å². The number of pyridine rings is 1. The van der Waals surface area contributed by atoms with E-state index in [0.29, 0.717) is 11.6 Å². The van der Waals surface area contributed by atoms with E-state index in [0.717, 1.165) is 30.9 Å². The summed E-state index contributed by atoms with van der Waals surface area (Å²) in [4.78, 5) is 4.11. The predicted octanol–water partition coefficient (Wildman–Crippen LogP) is 3.15. The van der Waals surface area contributed by atoms with Crippen LogP contribution < -0.4 is 5.32 Å². The van der Waals surface area contributed by atoms with E-state index in [4.69, 9.17) is 16.9 Å². The molecule has 0 saturated carbocycles. The van der Waals surface area contributed by atoms with Gasteiger partial charge in [0.2, 0.25) is 0 Å². The zero-order valence-corrected chi connectivity index (χ0v) is 11.5. The average molecular weight is 274 g/mol. The van der Waals surface area contributed by atoms with Crippen LogP contribution in [0, 0.1) is 17.2 Å². The van der Waals surface area contributed by atoms with Gasteiger partial charge in [0, 0.05) is 12.2 Å². The van der Waals surface area contributed by atoms with Gasteiger partial charge in [0.25, 0.3) is 0 Å². The summed E-state index contributed by atoms with van der Waals surface area (Å²) in [5, 5.41) is 12.9. The van der Waals surface area contributed by atoms with Crippen LogP contribution in [0.2, 0.25) is 5.15 Å². The lowest BCUT2D eigenvalue weighted by molar-refractivity contribution is 0.278. The molecular formula is C15H16ClN3. The molecule has 1 aliphatic carbocycles. The van der Waals surface area contributed by atoms with E-state index in [1.807, 2.05) is 6.07 Å². The number of fused-ring (bicyclic) bond motifs is 1. The molecule has 2 heterocycles. The van der Waals surface area contributed by atoms with Gasteiger partial charge in [-0.05, 0) is 55.3 Å². The summed E-state index contributed by atoms with van der Waals surface area (Å²) < 4.78 is 0. The second kappa shape index (κ2) is 5.32. The standard InChI is InChI=1S/C15H16ClN3/c16-15-12(8-17)6-13(9-19-15)11-4-3-10-2-1-5-18-14(10)7-11/h4,6,9-10,14,18H,1-3,5,7H2/t10-,14+/m1/s1. The molecule has 0 amide bonds. The zero-order chi connectivity index (χ0) is 13.2. The summed E-state index contributed by atoms with van der Waals surface area (Å²) in [6.45, 7) is 1.12. The zero-order valence-electron chi connectivity index (χ0n) is 10.7. The summed E-state index contributed by atoms with van der Waals surface area (Å²) in [5.41, 5.74) is 2.78. The number of nitrogens with one attached hydrogen (secondary N) is 1. The number of hydrogen-bond acceptors (Lipinski definition) is 3. The van der Waals surface area contributed by atoms with Crippen LogP contribution in [0.15, 0.2) is 18.3 Å². The van der Waals surface area contributed by atoms with Gasteiger partial charge in [0.1, 0.15) is 11.2 Å². The Morgan fingerprint density at radius 3 is 3.21 bits per heavy atom. The molecule has 1 saturated heterocycles. The molecular weight excluding hydrogens is 258 g/mol. The van der Waals surface area contributed by atoms with Gasteiger partial charge in [-0.15, -0.1) is 0 Å². The number of hydrogen-bond donors (Lipinski definition) is 1. The van der Waals surface area contributed by atoms with Gasteiger partial charge in [-0.3, -0.25) is 0 Å². The molecule has 2 aliphatic rings. The van der Waals surface area contributed by atoms with E-state index in [-0.39, 0.29) is 5.15 Å². The van der Waals surface area contributed by atoms with Gasteiger partial charge < -0.3 is 5.32 Å². The molecule has 4 heteroatoms. The Bertz CT molecular complexity index is 559. The molecule has 0 spiro atoms. The van der Waals surface area contributed by atoms with Crippen LogP contribution in [-0.2, 0) is 0 Å². The van der Waals surface area contributed by atoms with Crippen LogP contribution in [0.5, 0.6) is 0 Å². The lowest BCUT2D eigenvalue weighted by Crippen LogP contribution is -2.42. The number of rotatable bonds is 1. The number of aromatic nitrogens is 1. The summed E-state index contributed by atoms with van der Waals surface area (Å²) in [5.74, 6) is 0.771. The van der Waals surface area contributed by atoms with Crippen molar-refractivity contribution in [3.8, 4) is 6.07 Å². The van der Waals surface area contributed by atoms with E-state index in [2.05, 4.69) is 22.4 Å². The molecule has 2 atom stereocenters. The van der Waals surface area contributed by atoms with Crippen molar-refractivity contribution in [3.63, 3.8) is 0 Å². The Balaban J connectivity index is 1.86. The highest BCUT2D eigenvalue weighted by Gasteiger charge is 2.28. The Hall–Kier alpha value is -1.37. The topological polar surface area (TPSA) is 48.7 Å². The number of halogens is 1. The van der Waals surface area contributed by atoms with Gasteiger partial charge in [0.05, 0.1) is 5.56 Å². The molecule has 3 nitrogen and oxygen atoms in total. The summed E-state index contributed by atoms with van der Waals surface area (Å²) >= 11 is 5.88. The normalized spacial score (nSPS) is 26.2. The fourth-order valence-electron chi connectivity index (χ4n) is 3.09. The molecule has 1 aromatic rings. The highest BCUT2D eigenvalue weighted by molar-refractivity contribution is 6.30. The third-order valence-electron chi connectivity index (χ3n) is 4.16. The second-order valence-corrected chi connectivity index (χ2v) is 5.66. The van der Waals surface area contributed by atoms with Gasteiger partial charge in [-0.1, -0.05) is 17.7 Å². The van der Waals surface area contributed by atoms with Crippen LogP contribution >= 0.6 is 11.6 Å². The number of allylic oxidation sites excluding steroid dienone is 1. The molecule has 1 fully saturated rings. The Labute approximate surface area is 118 Å². The van der Waals surface area contributed by atoms with Crippen molar-refractivity contribution in [3.05, 3.63) is 34.6 Å². The Kier molecular flexibility index (Phi) is 3.54. The van der Waals surface area contributed by atoms with Gasteiger partial charge >= 0.3 is 0 Å². The molecule has 0 unspecified atom stereocenters. The minimum Gasteiger partial charge on any atom is -0.313 e. The lowest BCUT2D eigenvalue weighted by atomic mass is 9.78. The third kappa shape index (κ3) is 2.51. The summed E-state index contributed by atoms with van der Waals surface area (Å²) in [6, 6.07) is 4.52. The molecule has 98 valence electrons. The molecule has 1 aromatic heterocycles.